The molecule has 164 valence electrons. The fraction of sp³-hybridized carbons (Fsp3) is 0.238. The van der Waals surface area contributed by atoms with Gasteiger partial charge in [0.05, 0.1) is 18.4 Å². The molecule has 4 rings (SSSR count). The summed E-state index contributed by atoms with van der Waals surface area (Å²) in [5, 5.41) is 5.13. The van der Waals surface area contributed by atoms with Gasteiger partial charge in [-0.05, 0) is 26.0 Å². The van der Waals surface area contributed by atoms with Crippen molar-refractivity contribution in [2.45, 2.75) is 33.0 Å². The predicted octanol–water partition coefficient (Wildman–Crippen LogP) is 2.81. The third-order valence-corrected chi connectivity index (χ3v) is 5.32. The van der Waals surface area contributed by atoms with Gasteiger partial charge in [-0.25, -0.2) is 19.9 Å². The summed E-state index contributed by atoms with van der Waals surface area (Å²) in [7, 11) is 0. The van der Waals surface area contributed by atoms with Crippen molar-refractivity contribution in [3.8, 4) is 5.75 Å². The van der Waals surface area contributed by atoms with Crippen molar-refractivity contribution >= 4 is 40.2 Å². The fourth-order valence-corrected chi connectivity index (χ4v) is 3.50. The number of hydrogen-bond acceptors (Lipinski definition) is 9. The normalized spacial score (nSPS) is 11.8. The van der Waals surface area contributed by atoms with Crippen LogP contribution in [0, 0.1) is 6.92 Å². The molecule has 1 unspecified atom stereocenters. The molecular weight excluding hydrogens is 432 g/mol. The molecule has 1 amide bonds. The summed E-state index contributed by atoms with van der Waals surface area (Å²) < 4.78 is 10.9. The highest BCUT2D eigenvalue weighted by atomic mass is 32.1. The van der Waals surface area contributed by atoms with Crippen molar-refractivity contribution in [1.82, 2.24) is 24.9 Å². The van der Waals surface area contributed by atoms with Crippen LogP contribution in [0.1, 0.15) is 23.2 Å². The summed E-state index contributed by atoms with van der Waals surface area (Å²) in [6.45, 7) is 3.80. The number of thiazole rings is 1. The van der Waals surface area contributed by atoms with Crippen molar-refractivity contribution in [1.29, 1.82) is 0 Å². The summed E-state index contributed by atoms with van der Waals surface area (Å²) in [4.78, 5) is 43.9. The first-order chi connectivity index (χ1) is 15.5. The predicted molar refractivity (Wildman–Crippen MR) is 117 cm³/mol. The fourth-order valence-electron chi connectivity index (χ4n) is 2.79. The Bertz CT molecular complexity index is 1240. The molecule has 11 heteroatoms. The molecule has 0 aliphatic heterocycles. The molecule has 0 aliphatic carbocycles. The molecule has 0 radical (unpaired) electrons. The van der Waals surface area contributed by atoms with Gasteiger partial charge in [0.25, 0.3) is 5.91 Å². The zero-order chi connectivity index (χ0) is 22.5. The van der Waals surface area contributed by atoms with Gasteiger partial charge in [-0.2, -0.15) is 0 Å². The topological polar surface area (TPSA) is 132 Å². The number of aryl methyl sites for hydroxylation is 1. The summed E-state index contributed by atoms with van der Waals surface area (Å²) in [6, 6.07) is 7.73. The van der Waals surface area contributed by atoms with Gasteiger partial charge in [-0.15, -0.1) is 11.3 Å². The summed E-state index contributed by atoms with van der Waals surface area (Å²) in [6.07, 6.45) is 1.68. The van der Waals surface area contributed by atoms with Crippen LogP contribution in [0.4, 0.5) is 5.82 Å². The van der Waals surface area contributed by atoms with E-state index in [-0.39, 0.29) is 12.2 Å². The van der Waals surface area contributed by atoms with Crippen molar-refractivity contribution < 1.29 is 19.1 Å². The molecule has 2 N–H and O–H groups in total. The SMILES string of the molecule is Cc1ccc(OCc2nc(CC(=O)OC(C)C(=O)Nc3ncnc4nc[nH]c34)cs2)cc1. The molecule has 32 heavy (non-hydrogen) atoms. The number of aromatic nitrogens is 5. The first kappa shape index (κ1) is 21.4. The lowest BCUT2D eigenvalue weighted by Crippen LogP contribution is -2.31. The van der Waals surface area contributed by atoms with Crippen LogP contribution >= 0.6 is 11.3 Å². The van der Waals surface area contributed by atoms with Crippen molar-refractivity contribution in [3.63, 3.8) is 0 Å². The molecule has 4 aromatic rings. The maximum atomic E-state index is 12.4. The largest absolute Gasteiger partial charge is 0.486 e. The van der Waals surface area contributed by atoms with E-state index in [1.165, 1.54) is 30.9 Å². The van der Waals surface area contributed by atoms with Gasteiger partial charge in [0.1, 0.15) is 29.2 Å². The Balaban J connectivity index is 1.27. The van der Waals surface area contributed by atoms with Crippen LogP contribution in [0.25, 0.3) is 11.2 Å². The molecule has 0 aliphatic rings. The number of amides is 1. The Kier molecular flexibility index (Phi) is 6.36. The minimum atomic E-state index is -1.02. The van der Waals surface area contributed by atoms with Crippen LogP contribution in [-0.4, -0.2) is 42.9 Å². The van der Waals surface area contributed by atoms with Gasteiger partial charge in [0.15, 0.2) is 17.6 Å². The molecule has 10 nitrogen and oxygen atoms in total. The number of nitrogens with one attached hydrogen (secondary N) is 2. The number of esters is 1. The summed E-state index contributed by atoms with van der Waals surface area (Å²) >= 11 is 1.40. The average Bonchev–Trinajstić information content (AvgIpc) is 3.43. The molecular formula is C21H20N6O4S. The second-order valence-electron chi connectivity index (χ2n) is 6.96. The smallest absolute Gasteiger partial charge is 0.312 e. The highest BCUT2D eigenvalue weighted by Crippen LogP contribution is 2.17. The number of benzene rings is 1. The van der Waals surface area contributed by atoms with Crippen molar-refractivity contribution in [3.05, 3.63) is 58.6 Å². The minimum absolute atomic E-state index is 0.0447. The molecule has 1 atom stereocenters. The minimum Gasteiger partial charge on any atom is -0.486 e. The molecule has 0 saturated carbocycles. The van der Waals surface area contributed by atoms with E-state index in [0.29, 0.717) is 23.5 Å². The van der Waals surface area contributed by atoms with Gasteiger partial charge >= 0.3 is 5.97 Å². The standard InChI is InChI=1S/C21H20N6O4S/c1-12-3-5-15(6-4-12)30-8-16-26-14(9-32-16)7-17(28)31-13(2)21(29)27-20-18-19(23-10-22-18)24-11-25-20/h3-6,9-11,13H,7-8H2,1-2H3,(H2,22,23,24,25,27,29). The molecule has 0 spiro atoms. The zero-order valence-corrected chi connectivity index (χ0v) is 18.2. The van der Waals surface area contributed by atoms with Gasteiger partial charge in [-0.3, -0.25) is 9.59 Å². The van der Waals surface area contributed by atoms with Gasteiger partial charge < -0.3 is 19.8 Å². The number of fused-ring (bicyclic) bond motifs is 1. The van der Waals surface area contributed by atoms with Gasteiger partial charge in [0, 0.05) is 5.38 Å². The third kappa shape index (κ3) is 5.24. The van der Waals surface area contributed by atoms with Crippen LogP contribution in [0.5, 0.6) is 5.75 Å². The van der Waals surface area contributed by atoms with E-state index in [4.69, 9.17) is 9.47 Å². The Morgan fingerprint density at radius 2 is 2.00 bits per heavy atom. The molecule has 0 fully saturated rings. The molecule has 0 bridgehead atoms. The Hall–Kier alpha value is -3.86. The number of H-pyrrole nitrogens is 1. The maximum absolute atomic E-state index is 12.4. The van der Waals surface area contributed by atoms with Crippen LogP contribution in [-0.2, 0) is 27.4 Å². The number of imidazole rings is 1. The van der Waals surface area contributed by atoms with E-state index in [1.807, 2.05) is 31.2 Å². The number of anilines is 1. The van der Waals surface area contributed by atoms with Crippen LogP contribution in [0.3, 0.4) is 0 Å². The number of carbonyl (C=O) groups excluding carboxylic acids is 2. The van der Waals surface area contributed by atoms with Gasteiger partial charge in [-0.1, -0.05) is 17.7 Å². The lowest BCUT2D eigenvalue weighted by Gasteiger charge is -2.12. The van der Waals surface area contributed by atoms with E-state index in [2.05, 4.69) is 30.2 Å². The number of rotatable bonds is 8. The number of aromatic amines is 1. The van der Waals surface area contributed by atoms with E-state index in [1.54, 1.807) is 5.38 Å². The number of nitrogens with zero attached hydrogens (tertiary/aromatic N) is 4. The molecule has 1 aromatic carbocycles. The van der Waals surface area contributed by atoms with Crippen LogP contribution in [0.2, 0.25) is 0 Å². The van der Waals surface area contributed by atoms with Gasteiger partial charge in [0.2, 0.25) is 0 Å². The average molecular weight is 452 g/mol. The Morgan fingerprint density at radius 3 is 2.81 bits per heavy atom. The first-order valence-electron chi connectivity index (χ1n) is 9.75. The number of carbonyl (C=O) groups is 2. The highest BCUT2D eigenvalue weighted by molar-refractivity contribution is 7.09. The first-order valence-corrected chi connectivity index (χ1v) is 10.6. The van der Waals surface area contributed by atoms with Crippen LogP contribution < -0.4 is 10.1 Å². The van der Waals surface area contributed by atoms with Crippen molar-refractivity contribution in [2.24, 2.45) is 0 Å². The number of hydrogen-bond donors (Lipinski definition) is 2. The van der Waals surface area contributed by atoms with Crippen molar-refractivity contribution in [2.75, 3.05) is 5.32 Å². The highest BCUT2D eigenvalue weighted by Gasteiger charge is 2.20. The second kappa shape index (κ2) is 9.52. The molecule has 3 heterocycles. The van der Waals surface area contributed by atoms with Crippen LogP contribution in [0.15, 0.2) is 42.3 Å². The molecule has 0 saturated heterocycles. The lowest BCUT2D eigenvalue weighted by atomic mass is 10.2. The van der Waals surface area contributed by atoms with E-state index in [9.17, 15) is 9.59 Å². The Morgan fingerprint density at radius 1 is 1.19 bits per heavy atom. The summed E-state index contributed by atoms with van der Waals surface area (Å²) in [5.74, 6) is -0.0578. The third-order valence-electron chi connectivity index (χ3n) is 4.45. The van der Waals surface area contributed by atoms with E-state index < -0.39 is 18.0 Å². The monoisotopic (exact) mass is 452 g/mol. The number of ether oxygens (including phenoxy) is 2. The molecule has 3 aromatic heterocycles. The quantitative estimate of drug-likeness (QED) is 0.390. The van der Waals surface area contributed by atoms with E-state index >= 15 is 0 Å². The summed E-state index contributed by atoms with van der Waals surface area (Å²) in [5.41, 5.74) is 2.62. The maximum Gasteiger partial charge on any atom is 0.312 e. The zero-order valence-electron chi connectivity index (χ0n) is 17.4. The van der Waals surface area contributed by atoms with E-state index in [0.717, 1.165) is 16.3 Å². The lowest BCUT2D eigenvalue weighted by molar-refractivity contribution is -0.152. The Labute approximate surface area is 187 Å². The second-order valence-corrected chi connectivity index (χ2v) is 7.90.